The predicted molar refractivity (Wildman–Crippen MR) is 78.4 cm³/mol. The van der Waals surface area contributed by atoms with E-state index in [-0.39, 0.29) is 0 Å². The van der Waals surface area contributed by atoms with Crippen LogP contribution in [0.2, 0.25) is 0 Å². The SMILES string of the molecule is COCCN(c1cncc(CNC(C)C)n1)C(C)C. The Morgan fingerprint density at radius 2 is 2.00 bits per heavy atom. The molecule has 0 aliphatic rings. The average molecular weight is 266 g/mol. The van der Waals surface area contributed by atoms with E-state index < -0.39 is 0 Å². The lowest BCUT2D eigenvalue weighted by Gasteiger charge is -2.27. The molecule has 0 aliphatic heterocycles. The molecule has 0 saturated carbocycles. The zero-order chi connectivity index (χ0) is 14.3. The van der Waals surface area contributed by atoms with Crippen LogP contribution in [0.3, 0.4) is 0 Å². The van der Waals surface area contributed by atoms with E-state index in [1.165, 1.54) is 0 Å². The van der Waals surface area contributed by atoms with Crippen molar-refractivity contribution < 1.29 is 4.74 Å². The van der Waals surface area contributed by atoms with Crippen LogP contribution in [0.15, 0.2) is 12.4 Å². The molecule has 1 aromatic rings. The van der Waals surface area contributed by atoms with E-state index in [0.717, 1.165) is 24.6 Å². The standard InChI is InChI=1S/C14H26N4O/c1-11(2)16-9-13-8-15-10-14(17-13)18(12(3)4)6-7-19-5/h8,10-12,16H,6-7,9H2,1-5H3. The molecule has 19 heavy (non-hydrogen) atoms. The van der Waals surface area contributed by atoms with Gasteiger partial charge in [-0.15, -0.1) is 0 Å². The molecule has 0 atom stereocenters. The Bertz CT molecular complexity index is 368. The highest BCUT2D eigenvalue weighted by molar-refractivity contribution is 5.37. The van der Waals surface area contributed by atoms with Crippen LogP contribution in [0.1, 0.15) is 33.4 Å². The highest BCUT2D eigenvalue weighted by Gasteiger charge is 2.12. The summed E-state index contributed by atoms with van der Waals surface area (Å²) in [6.45, 7) is 10.8. The molecular weight excluding hydrogens is 240 g/mol. The second-order valence-corrected chi connectivity index (χ2v) is 5.18. The molecule has 0 spiro atoms. The third-order valence-electron chi connectivity index (χ3n) is 2.82. The molecule has 1 N–H and O–H groups in total. The largest absolute Gasteiger partial charge is 0.383 e. The van der Waals surface area contributed by atoms with E-state index in [4.69, 9.17) is 4.74 Å². The molecule has 0 unspecified atom stereocenters. The van der Waals surface area contributed by atoms with Crippen LogP contribution >= 0.6 is 0 Å². The van der Waals surface area contributed by atoms with Crippen molar-refractivity contribution in [3.05, 3.63) is 18.1 Å². The summed E-state index contributed by atoms with van der Waals surface area (Å²) in [5, 5.41) is 3.35. The zero-order valence-electron chi connectivity index (χ0n) is 12.7. The summed E-state index contributed by atoms with van der Waals surface area (Å²) in [5.74, 6) is 0.912. The number of ether oxygens (including phenoxy) is 1. The van der Waals surface area contributed by atoms with Gasteiger partial charge in [-0.3, -0.25) is 4.98 Å². The Kier molecular flexibility index (Phi) is 6.73. The van der Waals surface area contributed by atoms with Crippen molar-refractivity contribution in [2.24, 2.45) is 0 Å². The van der Waals surface area contributed by atoms with Crippen molar-refractivity contribution in [2.45, 2.75) is 46.3 Å². The molecule has 108 valence electrons. The number of nitrogens with zero attached hydrogens (tertiary/aromatic N) is 3. The second-order valence-electron chi connectivity index (χ2n) is 5.18. The number of methoxy groups -OCH3 is 1. The molecule has 0 amide bonds. The van der Waals surface area contributed by atoms with Crippen LogP contribution in [0.5, 0.6) is 0 Å². The highest BCUT2D eigenvalue weighted by Crippen LogP contribution is 2.13. The lowest BCUT2D eigenvalue weighted by atomic mass is 10.3. The highest BCUT2D eigenvalue weighted by atomic mass is 16.5. The van der Waals surface area contributed by atoms with E-state index in [1.54, 1.807) is 7.11 Å². The third-order valence-corrected chi connectivity index (χ3v) is 2.82. The number of nitrogens with one attached hydrogen (secondary N) is 1. The van der Waals surface area contributed by atoms with Gasteiger partial charge in [0.1, 0.15) is 5.82 Å². The lowest BCUT2D eigenvalue weighted by Crippen LogP contribution is -2.35. The van der Waals surface area contributed by atoms with Crippen LogP contribution in [0.25, 0.3) is 0 Å². The number of rotatable bonds is 8. The Morgan fingerprint density at radius 3 is 2.58 bits per heavy atom. The quantitative estimate of drug-likeness (QED) is 0.778. The minimum atomic E-state index is 0.373. The van der Waals surface area contributed by atoms with Gasteiger partial charge in [-0.05, 0) is 13.8 Å². The fraction of sp³-hybridized carbons (Fsp3) is 0.714. The molecule has 0 radical (unpaired) electrons. The van der Waals surface area contributed by atoms with Gasteiger partial charge in [-0.2, -0.15) is 0 Å². The summed E-state index contributed by atoms with van der Waals surface area (Å²) in [4.78, 5) is 11.2. The smallest absolute Gasteiger partial charge is 0.147 e. The molecule has 5 nitrogen and oxygen atoms in total. The molecular formula is C14H26N4O. The predicted octanol–water partition coefficient (Wildman–Crippen LogP) is 1.84. The topological polar surface area (TPSA) is 50.3 Å². The molecule has 0 bridgehead atoms. The molecule has 1 heterocycles. The van der Waals surface area contributed by atoms with Crippen LogP contribution in [0.4, 0.5) is 5.82 Å². The van der Waals surface area contributed by atoms with Crippen molar-refractivity contribution in [2.75, 3.05) is 25.2 Å². The number of hydrogen-bond donors (Lipinski definition) is 1. The van der Waals surface area contributed by atoms with E-state index in [9.17, 15) is 0 Å². The first-order valence-electron chi connectivity index (χ1n) is 6.84. The van der Waals surface area contributed by atoms with Gasteiger partial charge in [0.2, 0.25) is 0 Å². The van der Waals surface area contributed by atoms with Crippen LogP contribution in [0, 0.1) is 0 Å². The lowest BCUT2D eigenvalue weighted by molar-refractivity contribution is 0.203. The summed E-state index contributed by atoms with van der Waals surface area (Å²) >= 11 is 0. The summed E-state index contributed by atoms with van der Waals surface area (Å²) in [6.07, 6.45) is 3.63. The molecule has 1 aromatic heterocycles. The van der Waals surface area contributed by atoms with Crippen molar-refractivity contribution in [3.63, 3.8) is 0 Å². The molecule has 0 saturated heterocycles. The Morgan fingerprint density at radius 1 is 1.26 bits per heavy atom. The van der Waals surface area contributed by atoms with Crippen molar-refractivity contribution >= 4 is 5.82 Å². The maximum absolute atomic E-state index is 5.15. The number of hydrogen-bond acceptors (Lipinski definition) is 5. The average Bonchev–Trinajstić information content (AvgIpc) is 2.37. The van der Waals surface area contributed by atoms with Gasteiger partial charge >= 0.3 is 0 Å². The first kappa shape index (κ1) is 15.9. The monoisotopic (exact) mass is 266 g/mol. The van der Waals surface area contributed by atoms with Crippen molar-refractivity contribution in [1.82, 2.24) is 15.3 Å². The first-order valence-corrected chi connectivity index (χ1v) is 6.84. The Balaban J connectivity index is 2.76. The van der Waals surface area contributed by atoms with E-state index >= 15 is 0 Å². The fourth-order valence-electron chi connectivity index (χ4n) is 1.75. The van der Waals surface area contributed by atoms with Gasteiger partial charge in [0.25, 0.3) is 0 Å². The van der Waals surface area contributed by atoms with Crippen molar-refractivity contribution in [3.8, 4) is 0 Å². The van der Waals surface area contributed by atoms with Crippen LogP contribution in [-0.2, 0) is 11.3 Å². The van der Waals surface area contributed by atoms with Gasteiger partial charge in [0.15, 0.2) is 0 Å². The van der Waals surface area contributed by atoms with Gasteiger partial charge in [-0.1, -0.05) is 13.8 Å². The number of aromatic nitrogens is 2. The van der Waals surface area contributed by atoms with Gasteiger partial charge in [0.05, 0.1) is 18.5 Å². The van der Waals surface area contributed by atoms with Crippen LogP contribution in [-0.4, -0.2) is 42.3 Å². The summed E-state index contributed by atoms with van der Waals surface area (Å²) in [6, 6.07) is 0.818. The molecule has 5 heteroatoms. The normalized spacial score (nSPS) is 11.3. The van der Waals surface area contributed by atoms with Crippen LogP contribution < -0.4 is 10.2 Å². The van der Waals surface area contributed by atoms with Crippen molar-refractivity contribution in [1.29, 1.82) is 0 Å². The molecule has 1 rings (SSSR count). The van der Waals surface area contributed by atoms with Gasteiger partial charge in [0, 0.05) is 38.5 Å². The molecule has 0 aromatic carbocycles. The van der Waals surface area contributed by atoms with Gasteiger partial charge < -0.3 is 15.0 Å². The summed E-state index contributed by atoms with van der Waals surface area (Å²) < 4.78 is 5.15. The maximum atomic E-state index is 5.15. The summed E-state index contributed by atoms with van der Waals surface area (Å²) in [7, 11) is 1.72. The summed E-state index contributed by atoms with van der Waals surface area (Å²) in [5.41, 5.74) is 0.967. The fourth-order valence-corrected chi connectivity index (χ4v) is 1.75. The van der Waals surface area contributed by atoms with E-state index in [1.807, 2.05) is 12.4 Å². The Hall–Kier alpha value is -1.20. The Labute approximate surface area is 116 Å². The van der Waals surface area contributed by atoms with E-state index in [0.29, 0.717) is 18.7 Å². The van der Waals surface area contributed by atoms with E-state index in [2.05, 4.69) is 47.9 Å². The molecule has 0 aliphatic carbocycles. The zero-order valence-corrected chi connectivity index (χ0v) is 12.7. The minimum Gasteiger partial charge on any atom is -0.383 e. The third kappa shape index (κ3) is 5.53. The number of anilines is 1. The maximum Gasteiger partial charge on any atom is 0.147 e. The minimum absolute atomic E-state index is 0.373. The second kappa shape index (κ2) is 8.07. The van der Waals surface area contributed by atoms with Gasteiger partial charge in [-0.25, -0.2) is 4.98 Å². The first-order chi connectivity index (χ1) is 9.04. The molecule has 0 fully saturated rings.